The summed E-state index contributed by atoms with van der Waals surface area (Å²) in [5, 5.41) is 0. The molecule has 0 amide bonds. The Bertz CT molecular complexity index is 347. The van der Waals surface area contributed by atoms with Gasteiger partial charge in [-0.3, -0.25) is 0 Å². The van der Waals surface area contributed by atoms with Gasteiger partial charge in [0.2, 0.25) is 0 Å². The van der Waals surface area contributed by atoms with Gasteiger partial charge in [-0.1, -0.05) is 12.1 Å². The molecule has 2 N–H and O–H groups in total. The summed E-state index contributed by atoms with van der Waals surface area (Å²) >= 11 is 0. The van der Waals surface area contributed by atoms with Crippen LogP contribution < -0.4 is 10.6 Å². The van der Waals surface area contributed by atoms with Gasteiger partial charge in [0.1, 0.15) is 6.61 Å². The average molecular weight is 193 g/mol. The van der Waals surface area contributed by atoms with E-state index in [-0.39, 0.29) is 6.04 Å². The van der Waals surface area contributed by atoms with E-state index in [4.69, 9.17) is 15.5 Å². The summed E-state index contributed by atoms with van der Waals surface area (Å²) in [7, 11) is 0. The normalized spacial score (nSPS) is 16.2. The lowest BCUT2D eigenvalue weighted by molar-refractivity contribution is -0.194. The molecule has 0 bridgehead atoms. The van der Waals surface area contributed by atoms with Crippen molar-refractivity contribution < 1.29 is 9.78 Å². The van der Waals surface area contributed by atoms with Gasteiger partial charge in [-0.25, -0.2) is 0 Å². The molecule has 76 valence electrons. The monoisotopic (exact) mass is 193 g/mol. The van der Waals surface area contributed by atoms with E-state index in [9.17, 15) is 0 Å². The van der Waals surface area contributed by atoms with Crippen molar-refractivity contribution in [2.45, 2.75) is 32.9 Å². The van der Waals surface area contributed by atoms with E-state index in [2.05, 4.69) is 6.07 Å². The van der Waals surface area contributed by atoms with Crippen molar-refractivity contribution >= 4 is 0 Å². The van der Waals surface area contributed by atoms with Gasteiger partial charge < -0.3 is 10.6 Å². The van der Waals surface area contributed by atoms with E-state index in [0.29, 0.717) is 6.61 Å². The van der Waals surface area contributed by atoms with Crippen molar-refractivity contribution in [2.24, 2.45) is 5.73 Å². The predicted octanol–water partition coefficient (Wildman–Crippen LogP) is 1.71. The molecule has 0 saturated heterocycles. The standard InChI is InChI=1S/C11H15NO2/c1-7(12)5-9-3-4-10-6-13-14-11(10)8(9)2/h3-4,7H,5-6,12H2,1-2H3. The smallest absolute Gasteiger partial charge is 0.174 e. The summed E-state index contributed by atoms with van der Waals surface area (Å²) in [5.41, 5.74) is 9.28. The Hall–Kier alpha value is -1.06. The summed E-state index contributed by atoms with van der Waals surface area (Å²) in [4.78, 5) is 10.0. The first-order valence-electron chi connectivity index (χ1n) is 4.85. The van der Waals surface area contributed by atoms with Crippen LogP contribution >= 0.6 is 0 Å². The van der Waals surface area contributed by atoms with Crippen LogP contribution in [0.4, 0.5) is 0 Å². The van der Waals surface area contributed by atoms with Gasteiger partial charge in [-0.15, -0.1) is 0 Å². The molecule has 0 spiro atoms. The third kappa shape index (κ3) is 1.61. The Kier molecular flexibility index (Phi) is 2.44. The second-order valence-electron chi connectivity index (χ2n) is 3.86. The van der Waals surface area contributed by atoms with Crippen LogP contribution in [0.15, 0.2) is 12.1 Å². The fourth-order valence-corrected chi connectivity index (χ4v) is 1.74. The molecule has 1 aromatic rings. The Morgan fingerprint density at radius 1 is 1.50 bits per heavy atom. The maximum Gasteiger partial charge on any atom is 0.174 e. The van der Waals surface area contributed by atoms with Crippen LogP contribution in [0.1, 0.15) is 23.6 Å². The Balaban J connectivity index is 2.35. The lowest BCUT2D eigenvalue weighted by atomic mass is 9.99. The van der Waals surface area contributed by atoms with Crippen molar-refractivity contribution in [3.8, 4) is 5.75 Å². The minimum atomic E-state index is 0.175. The summed E-state index contributed by atoms with van der Waals surface area (Å²) in [5.74, 6) is 0.878. The van der Waals surface area contributed by atoms with Crippen molar-refractivity contribution in [3.05, 3.63) is 28.8 Å². The Labute approximate surface area is 83.7 Å². The topological polar surface area (TPSA) is 44.5 Å². The molecule has 1 unspecified atom stereocenters. The summed E-state index contributed by atoms with van der Waals surface area (Å²) in [6.45, 7) is 4.60. The van der Waals surface area contributed by atoms with Crippen LogP contribution in [-0.2, 0) is 17.9 Å². The van der Waals surface area contributed by atoms with Gasteiger partial charge in [0.05, 0.1) is 0 Å². The zero-order valence-electron chi connectivity index (χ0n) is 8.54. The largest absolute Gasteiger partial charge is 0.337 e. The van der Waals surface area contributed by atoms with E-state index in [1.807, 2.05) is 19.9 Å². The molecule has 3 heteroatoms. The van der Waals surface area contributed by atoms with E-state index in [0.717, 1.165) is 23.3 Å². The van der Waals surface area contributed by atoms with Crippen LogP contribution in [0.5, 0.6) is 5.75 Å². The molecular formula is C11H15NO2. The second kappa shape index (κ2) is 3.59. The van der Waals surface area contributed by atoms with Gasteiger partial charge in [-0.2, -0.15) is 4.89 Å². The summed E-state index contributed by atoms with van der Waals surface area (Å²) in [6.07, 6.45) is 0.877. The highest BCUT2D eigenvalue weighted by Gasteiger charge is 2.18. The minimum Gasteiger partial charge on any atom is -0.337 e. The van der Waals surface area contributed by atoms with Crippen LogP contribution in [0.25, 0.3) is 0 Å². The molecule has 3 nitrogen and oxygen atoms in total. The molecule has 0 fully saturated rings. The zero-order valence-corrected chi connectivity index (χ0v) is 8.54. The van der Waals surface area contributed by atoms with E-state index in [1.165, 1.54) is 5.56 Å². The molecule has 1 aliphatic heterocycles. The van der Waals surface area contributed by atoms with Gasteiger partial charge in [0, 0.05) is 11.6 Å². The van der Waals surface area contributed by atoms with Gasteiger partial charge in [0.25, 0.3) is 0 Å². The number of hydrogen-bond acceptors (Lipinski definition) is 3. The first kappa shape index (κ1) is 9.49. The van der Waals surface area contributed by atoms with Crippen LogP contribution in [0.3, 0.4) is 0 Å². The number of hydrogen-bond donors (Lipinski definition) is 1. The lowest BCUT2D eigenvalue weighted by Gasteiger charge is -2.10. The van der Waals surface area contributed by atoms with Crippen molar-refractivity contribution in [1.29, 1.82) is 0 Å². The molecule has 0 saturated carbocycles. The Morgan fingerprint density at radius 3 is 3.00 bits per heavy atom. The molecule has 1 aromatic carbocycles. The van der Waals surface area contributed by atoms with Crippen molar-refractivity contribution in [2.75, 3.05) is 0 Å². The fraction of sp³-hybridized carbons (Fsp3) is 0.455. The minimum absolute atomic E-state index is 0.175. The fourth-order valence-electron chi connectivity index (χ4n) is 1.74. The molecule has 14 heavy (non-hydrogen) atoms. The van der Waals surface area contributed by atoms with E-state index >= 15 is 0 Å². The highest BCUT2D eigenvalue weighted by atomic mass is 17.2. The average Bonchev–Trinajstić information content (AvgIpc) is 2.57. The molecule has 0 aromatic heterocycles. The zero-order chi connectivity index (χ0) is 10.1. The quantitative estimate of drug-likeness (QED) is 0.727. The molecular weight excluding hydrogens is 178 g/mol. The predicted molar refractivity (Wildman–Crippen MR) is 53.9 cm³/mol. The molecule has 1 aliphatic rings. The molecule has 1 atom stereocenters. The van der Waals surface area contributed by atoms with Gasteiger partial charge in [-0.05, 0) is 31.4 Å². The van der Waals surface area contributed by atoms with Crippen LogP contribution in [0.2, 0.25) is 0 Å². The molecule has 2 rings (SSSR count). The molecule has 1 heterocycles. The number of rotatable bonds is 2. The molecule has 0 radical (unpaired) electrons. The summed E-state index contributed by atoms with van der Waals surface area (Å²) in [6, 6.07) is 4.33. The number of fused-ring (bicyclic) bond motifs is 1. The van der Waals surface area contributed by atoms with Gasteiger partial charge in [0.15, 0.2) is 5.75 Å². The molecule has 0 aliphatic carbocycles. The van der Waals surface area contributed by atoms with Crippen molar-refractivity contribution in [3.63, 3.8) is 0 Å². The first-order valence-corrected chi connectivity index (χ1v) is 4.85. The highest BCUT2D eigenvalue weighted by molar-refractivity contribution is 5.46. The third-order valence-electron chi connectivity index (χ3n) is 2.50. The first-order chi connectivity index (χ1) is 6.68. The van der Waals surface area contributed by atoms with Crippen molar-refractivity contribution in [1.82, 2.24) is 0 Å². The van der Waals surface area contributed by atoms with Crippen LogP contribution in [0, 0.1) is 6.92 Å². The highest BCUT2D eigenvalue weighted by Crippen LogP contribution is 2.32. The van der Waals surface area contributed by atoms with E-state index < -0.39 is 0 Å². The van der Waals surface area contributed by atoms with Crippen LogP contribution in [-0.4, -0.2) is 6.04 Å². The SMILES string of the molecule is Cc1c(CC(C)N)ccc2c1OOC2. The maximum absolute atomic E-state index is 5.77. The third-order valence-corrected chi connectivity index (χ3v) is 2.50. The lowest BCUT2D eigenvalue weighted by Crippen LogP contribution is -2.18. The summed E-state index contributed by atoms with van der Waals surface area (Å²) < 4.78 is 0. The Morgan fingerprint density at radius 2 is 2.29 bits per heavy atom. The maximum atomic E-state index is 5.77. The number of benzene rings is 1. The van der Waals surface area contributed by atoms with E-state index in [1.54, 1.807) is 0 Å². The second-order valence-corrected chi connectivity index (χ2v) is 3.86. The number of nitrogens with two attached hydrogens (primary N) is 1. The van der Waals surface area contributed by atoms with Gasteiger partial charge >= 0.3 is 0 Å².